The number of aryl methyl sites for hydroxylation is 1. The van der Waals surface area contributed by atoms with E-state index in [0.29, 0.717) is 16.9 Å². The fourth-order valence-electron chi connectivity index (χ4n) is 5.60. The fraction of sp³-hybridized carbons (Fsp3) is 0.478. The zero-order valence-electron chi connectivity index (χ0n) is 23.1. The van der Waals surface area contributed by atoms with Gasteiger partial charge in [0.1, 0.15) is 54.3 Å². The molecule has 0 spiro atoms. The van der Waals surface area contributed by atoms with Crippen molar-refractivity contribution in [3.63, 3.8) is 0 Å². The average molecular weight is 706 g/mol. The van der Waals surface area contributed by atoms with Crippen LogP contribution in [0, 0.1) is 12.7 Å². The molecule has 2 bridgehead atoms. The lowest BCUT2D eigenvalue weighted by Crippen LogP contribution is -2.36. The van der Waals surface area contributed by atoms with Gasteiger partial charge in [-0.25, -0.2) is 28.9 Å². The predicted octanol–water partition coefficient (Wildman–Crippen LogP) is 1.60. The largest absolute Gasteiger partial charge is 0.387 e. The molecule has 0 saturated carbocycles. The Morgan fingerprint density at radius 2 is 1.84 bits per heavy atom. The van der Waals surface area contributed by atoms with Gasteiger partial charge in [0, 0.05) is 11.9 Å². The lowest BCUT2D eigenvalue weighted by atomic mass is 10.1. The first-order valence-electron chi connectivity index (χ1n) is 13.3. The maximum atomic E-state index is 15.0. The van der Waals surface area contributed by atoms with Crippen molar-refractivity contribution < 1.29 is 51.6 Å². The Labute approximate surface area is 263 Å². The highest BCUT2D eigenvalue weighted by Gasteiger charge is 2.53. The lowest BCUT2D eigenvalue weighted by molar-refractivity contribution is -0.0599. The topological polar surface area (TPSA) is 206 Å². The second-order valence-electron chi connectivity index (χ2n) is 10.5. The summed E-state index contributed by atoms with van der Waals surface area (Å²) in [6.07, 6.45) is -5.69. The molecule has 2 unspecified atom stereocenters. The molecular weight excluding hydrogens is 679 g/mol. The van der Waals surface area contributed by atoms with E-state index in [1.165, 1.54) is 28.1 Å². The molecule has 17 nitrogen and oxygen atoms in total. The van der Waals surface area contributed by atoms with Gasteiger partial charge in [0.25, 0.3) is 0 Å². The Kier molecular flexibility index (Phi) is 8.05. The normalized spacial score (nSPS) is 38.7. The number of fused-ring (bicyclic) bond motifs is 5. The highest BCUT2D eigenvalue weighted by Crippen LogP contribution is 2.58. The molecule has 242 valence electrons. The Hall–Kier alpha value is -2.16. The van der Waals surface area contributed by atoms with E-state index in [1.54, 1.807) is 6.92 Å². The van der Waals surface area contributed by atoms with Crippen LogP contribution in [0.1, 0.15) is 23.7 Å². The van der Waals surface area contributed by atoms with E-state index in [-0.39, 0.29) is 17.1 Å². The number of aliphatic hydroxyl groups excluding tert-OH is 2. The molecule has 3 aromatic heterocycles. The standard InChI is InChI=1S/C23H26FN7O10P2S2/c1-9-14-11(24)3-30(20(14)27-6-25-9)23-19-16(32)12(38-23)4-36-42(34,44)40-18-13(5-37-43(35,45)41-19)39-22(17(18)33)31-8-29-15-10(2)26-7-28-21(15)31/h3,6-8,12-13,16-19,22-23,32-33H,1,4-5H2,2H3,(H,25,27)(H,34,44)(H,35,45)/t12-,13-,16-,17-,18-,19-,22-,23-,42?,43?/m1/s1. The molecule has 22 heteroatoms. The van der Waals surface area contributed by atoms with Crippen molar-refractivity contribution in [3.05, 3.63) is 42.5 Å². The first-order chi connectivity index (χ1) is 21.3. The van der Waals surface area contributed by atoms with Gasteiger partial charge in [-0.3, -0.25) is 18.1 Å². The average Bonchev–Trinajstić information content (AvgIpc) is 3.71. The highest BCUT2D eigenvalue weighted by atomic mass is 32.7. The second-order valence-corrected chi connectivity index (χ2v) is 16.2. The number of aliphatic imine (C=N–C) groups is 1. The minimum Gasteiger partial charge on any atom is -0.387 e. The summed E-state index contributed by atoms with van der Waals surface area (Å²) < 4.78 is 65.6. The molecule has 3 saturated heterocycles. The molecule has 0 radical (unpaired) electrons. The number of imidazole rings is 1. The van der Waals surface area contributed by atoms with Gasteiger partial charge >= 0.3 is 13.5 Å². The summed E-state index contributed by atoms with van der Waals surface area (Å²) in [7, 11) is 0. The zero-order chi connectivity index (χ0) is 31.8. The first kappa shape index (κ1) is 31.4. The van der Waals surface area contributed by atoms with Crippen molar-refractivity contribution in [2.45, 2.75) is 56.0 Å². The number of nitrogens with one attached hydrogen (secondary N) is 1. The number of aromatic nitrogens is 5. The second kappa shape index (κ2) is 11.5. The molecule has 0 amide bonds. The van der Waals surface area contributed by atoms with E-state index in [9.17, 15) is 24.1 Å². The molecule has 3 fully saturated rings. The van der Waals surface area contributed by atoms with Crippen LogP contribution < -0.4 is 5.32 Å². The third-order valence-electron chi connectivity index (χ3n) is 7.71. The summed E-state index contributed by atoms with van der Waals surface area (Å²) in [5.74, 6) is -0.599. The molecule has 10 atom stereocenters. The third kappa shape index (κ3) is 5.61. The maximum absolute atomic E-state index is 15.0. The van der Waals surface area contributed by atoms with E-state index >= 15 is 0 Å². The van der Waals surface area contributed by atoms with E-state index in [2.05, 4.69) is 44.1 Å². The van der Waals surface area contributed by atoms with Crippen molar-refractivity contribution in [2.75, 3.05) is 13.2 Å². The van der Waals surface area contributed by atoms with Gasteiger partial charge in [-0.15, -0.1) is 0 Å². The Bertz CT molecular complexity index is 1810. The van der Waals surface area contributed by atoms with Gasteiger partial charge < -0.3 is 39.0 Å². The number of hydrogen-bond acceptors (Lipinski definition) is 15. The lowest BCUT2D eigenvalue weighted by Gasteiger charge is -2.28. The van der Waals surface area contributed by atoms with Crippen LogP contribution in [0.5, 0.6) is 0 Å². The fourth-order valence-corrected chi connectivity index (χ4v) is 8.50. The summed E-state index contributed by atoms with van der Waals surface area (Å²) >= 11 is 9.34. The van der Waals surface area contributed by atoms with Crippen LogP contribution in [0.4, 0.5) is 10.2 Å². The predicted molar refractivity (Wildman–Crippen MR) is 159 cm³/mol. The van der Waals surface area contributed by atoms with Gasteiger partial charge in [0.05, 0.1) is 37.1 Å². The van der Waals surface area contributed by atoms with Gasteiger partial charge in [0.2, 0.25) is 0 Å². The van der Waals surface area contributed by atoms with Crippen LogP contribution >= 0.6 is 25.8 Å². The summed E-state index contributed by atoms with van der Waals surface area (Å²) in [5.41, 5.74) is 1.70. The smallest absolute Gasteiger partial charge is 0.386 e. The van der Waals surface area contributed by atoms with Crippen LogP contribution in [0.2, 0.25) is 0 Å². The number of halogens is 1. The molecule has 0 aromatic carbocycles. The van der Waals surface area contributed by atoms with E-state index in [4.69, 9.17) is 39.4 Å². The molecule has 4 aliphatic rings. The molecule has 3 aromatic rings. The van der Waals surface area contributed by atoms with Gasteiger partial charge in [-0.2, -0.15) is 0 Å². The minimum atomic E-state index is -4.30. The third-order valence-corrected chi connectivity index (χ3v) is 10.9. The quantitative estimate of drug-likeness (QED) is 0.190. The van der Waals surface area contributed by atoms with Gasteiger partial charge in [-0.05, 0) is 18.7 Å². The number of thiol groups is 1. The molecule has 4 N–H and O–H groups in total. The maximum Gasteiger partial charge on any atom is 0.386 e. The van der Waals surface area contributed by atoms with Crippen LogP contribution in [0.25, 0.3) is 16.9 Å². The zero-order valence-corrected chi connectivity index (χ0v) is 26.6. The highest BCUT2D eigenvalue weighted by molar-refractivity contribution is 8.44. The van der Waals surface area contributed by atoms with Gasteiger partial charge in [0.15, 0.2) is 23.9 Å². The first-order valence-corrected chi connectivity index (χ1v) is 18.6. The van der Waals surface area contributed by atoms with Crippen molar-refractivity contribution in [2.24, 2.45) is 4.99 Å². The summed E-state index contributed by atoms with van der Waals surface area (Å²) in [6.45, 7) is -4.09. The monoisotopic (exact) mass is 705 g/mol. The van der Waals surface area contributed by atoms with Crippen molar-refractivity contribution in [1.29, 1.82) is 0 Å². The van der Waals surface area contributed by atoms with Crippen LogP contribution in [-0.4, -0.2) is 95.4 Å². The van der Waals surface area contributed by atoms with Crippen molar-refractivity contribution in [3.8, 4) is 0 Å². The van der Waals surface area contributed by atoms with Crippen LogP contribution in [0.15, 0.2) is 30.4 Å². The molecule has 7 heterocycles. The Morgan fingerprint density at radius 1 is 1.09 bits per heavy atom. The van der Waals surface area contributed by atoms with Gasteiger partial charge in [-0.1, -0.05) is 18.8 Å². The number of ether oxygens (including phenoxy) is 2. The minimum absolute atomic E-state index is 0.0567. The summed E-state index contributed by atoms with van der Waals surface area (Å²) in [5, 5.41) is 25.2. The molecular formula is C23H26FN7O10P2S2. The summed E-state index contributed by atoms with van der Waals surface area (Å²) in [6, 6.07) is 0. The van der Waals surface area contributed by atoms with Crippen molar-refractivity contribution >= 4 is 66.6 Å². The van der Waals surface area contributed by atoms with Crippen LogP contribution in [0.3, 0.4) is 0 Å². The SMILES string of the molecule is C=C1NC=Nc2c1c(F)cn2[C@@H]1O[C@@H]2COP(=O)(S)O[C@H]3[C@@H](O)[C@H](n4cnc5c(C)ncnc54)O[C@@H]3COP(O)(=S)O[C@@H]1[C@@H]2O. The van der Waals surface area contributed by atoms with E-state index < -0.39 is 81.6 Å². The van der Waals surface area contributed by atoms with Crippen LogP contribution in [-0.2, 0) is 43.9 Å². The molecule has 7 rings (SSSR count). The Balaban J connectivity index is 1.20. The van der Waals surface area contributed by atoms with Crippen molar-refractivity contribution in [1.82, 2.24) is 29.4 Å². The Morgan fingerprint density at radius 3 is 2.64 bits per heavy atom. The summed E-state index contributed by atoms with van der Waals surface area (Å²) in [4.78, 5) is 27.9. The number of aliphatic hydroxyl groups is 2. The van der Waals surface area contributed by atoms with E-state index in [0.717, 1.165) is 6.20 Å². The number of hydrogen-bond donors (Lipinski definition) is 5. The molecule has 0 aliphatic carbocycles. The number of rotatable bonds is 2. The molecule has 4 aliphatic heterocycles. The van der Waals surface area contributed by atoms with E-state index in [1.807, 2.05) is 0 Å². The number of nitrogens with zero attached hydrogens (tertiary/aromatic N) is 6. The molecule has 45 heavy (non-hydrogen) atoms.